The molecule has 0 aliphatic rings. The maximum Gasteiger partial charge on any atom is 0.251 e. The number of rotatable bonds is 6. The summed E-state index contributed by atoms with van der Waals surface area (Å²) in [5.41, 5.74) is 1.36. The number of furan rings is 1. The number of nitrogens with one attached hydrogen (secondary N) is 2. The second-order valence-corrected chi connectivity index (χ2v) is 5.99. The molecule has 2 amide bonds. The normalized spacial score (nSPS) is 11.9. The summed E-state index contributed by atoms with van der Waals surface area (Å²) in [4.78, 5) is 25.1. The molecular formula is C22H20N2O3. The van der Waals surface area contributed by atoms with E-state index in [2.05, 4.69) is 10.6 Å². The number of hydrogen-bond acceptors (Lipinski definition) is 3. The fraction of sp³-hybridized carbons (Fsp3) is 0.0909. The van der Waals surface area contributed by atoms with Crippen LogP contribution < -0.4 is 10.6 Å². The molecule has 0 radical (unpaired) electrons. The van der Waals surface area contributed by atoms with Crippen LogP contribution in [0.25, 0.3) is 6.08 Å². The predicted molar refractivity (Wildman–Crippen MR) is 105 cm³/mol. The second-order valence-electron chi connectivity index (χ2n) is 5.99. The summed E-state index contributed by atoms with van der Waals surface area (Å²) in [6, 6.07) is 21.0. The van der Waals surface area contributed by atoms with Crippen LogP contribution in [0, 0.1) is 6.92 Å². The van der Waals surface area contributed by atoms with Gasteiger partial charge in [0.25, 0.3) is 5.91 Å². The fourth-order valence-electron chi connectivity index (χ4n) is 2.57. The Morgan fingerprint density at radius 1 is 0.926 bits per heavy atom. The number of amides is 2. The lowest BCUT2D eigenvalue weighted by molar-refractivity contribution is -0.123. The van der Waals surface area contributed by atoms with Gasteiger partial charge >= 0.3 is 0 Å². The monoisotopic (exact) mass is 360 g/mol. The van der Waals surface area contributed by atoms with Gasteiger partial charge in [0.05, 0.1) is 0 Å². The molecule has 1 atom stereocenters. The topological polar surface area (TPSA) is 71.3 Å². The van der Waals surface area contributed by atoms with Gasteiger partial charge in [0.15, 0.2) is 0 Å². The number of carbonyl (C=O) groups excluding carboxylic acids is 2. The molecule has 0 fully saturated rings. The van der Waals surface area contributed by atoms with Gasteiger partial charge in [-0.25, -0.2) is 0 Å². The summed E-state index contributed by atoms with van der Waals surface area (Å²) in [5, 5.41) is 5.58. The van der Waals surface area contributed by atoms with Crippen molar-refractivity contribution >= 4 is 23.6 Å². The van der Waals surface area contributed by atoms with Gasteiger partial charge in [-0.2, -0.15) is 0 Å². The minimum Gasteiger partial charge on any atom is -0.462 e. The second kappa shape index (κ2) is 8.67. The third-order valence-electron chi connectivity index (χ3n) is 3.88. The highest BCUT2D eigenvalue weighted by molar-refractivity contribution is 6.00. The van der Waals surface area contributed by atoms with E-state index in [1.54, 1.807) is 36.4 Å². The van der Waals surface area contributed by atoms with Crippen molar-refractivity contribution in [1.29, 1.82) is 0 Å². The minimum absolute atomic E-state index is 0.317. The highest BCUT2D eigenvalue weighted by Crippen LogP contribution is 2.16. The smallest absolute Gasteiger partial charge is 0.251 e. The van der Waals surface area contributed by atoms with Crippen LogP contribution in [0.5, 0.6) is 0 Å². The third-order valence-corrected chi connectivity index (χ3v) is 3.88. The van der Waals surface area contributed by atoms with Crippen molar-refractivity contribution < 1.29 is 14.0 Å². The van der Waals surface area contributed by atoms with Crippen molar-refractivity contribution in [2.75, 3.05) is 5.32 Å². The summed E-state index contributed by atoms with van der Waals surface area (Å²) in [6.45, 7) is 1.83. The summed E-state index contributed by atoms with van der Waals surface area (Å²) >= 11 is 0. The largest absolute Gasteiger partial charge is 0.462 e. The molecule has 0 aliphatic carbocycles. The lowest BCUT2D eigenvalue weighted by Crippen LogP contribution is -2.36. The molecule has 3 aromatic rings. The summed E-state index contributed by atoms with van der Waals surface area (Å²) in [7, 11) is 0. The van der Waals surface area contributed by atoms with Crippen LogP contribution in [0.4, 0.5) is 5.69 Å². The van der Waals surface area contributed by atoms with Crippen LogP contribution in [0.15, 0.2) is 83.3 Å². The Labute approximate surface area is 157 Å². The molecule has 5 heteroatoms. The average molecular weight is 360 g/mol. The molecule has 0 saturated heterocycles. The van der Waals surface area contributed by atoms with E-state index in [1.807, 2.05) is 49.4 Å². The maximum atomic E-state index is 12.8. The number of aryl methyl sites for hydroxylation is 1. The Bertz CT molecular complexity index is 930. The zero-order chi connectivity index (χ0) is 19.1. The van der Waals surface area contributed by atoms with E-state index in [-0.39, 0.29) is 11.8 Å². The molecule has 1 heterocycles. The summed E-state index contributed by atoms with van der Waals surface area (Å²) < 4.78 is 5.40. The number of para-hydroxylation sites is 1. The zero-order valence-corrected chi connectivity index (χ0v) is 14.9. The molecular weight excluding hydrogens is 340 g/mol. The van der Waals surface area contributed by atoms with Crippen LogP contribution in [0.3, 0.4) is 0 Å². The molecule has 136 valence electrons. The Morgan fingerprint density at radius 2 is 1.59 bits per heavy atom. The quantitative estimate of drug-likeness (QED) is 0.650. The number of benzene rings is 2. The van der Waals surface area contributed by atoms with E-state index in [9.17, 15) is 9.59 Å². The molecule has 1 aromatic heterocycles. The Morgan fingerprint density at radius 3 is 2.22 bits per heavy atom. The van der Waals surface area contributed by atoms with Gasteiger partial charge in [0.2, 0.25) is 5.91 Å². The third kappa shape index (κ3) is 5.19. The molecule has 27 heavy (non-hydrogen) atoms. The van der Waals surface area contributed by atoms with Gasteiger partial charge in [-0.15, -0.1) is 0 Å². The highest BCUT2D eigenvalue weighted by atomic mass is 16.3. The van der Waals surface area contributed by atoms with E-state index in [0.717, 1.165) is 5.76 Å². The van der Waals surface area contributed by atoms with Crippen molar-refractivity contribution in [1.82, 2.24) is 5.32 Å². The van der Waals surface area contributed by atoms with Crippen LogP contribution in [-0.4, -0.2) is 11.8 Å². The fourth-order valence-corrected chi connectivity index (χ4v) is 2.57. The standard InChI is InChI=1S/C22H20N2O3/c1-16-12-13-19(27-16)14-15-20(25)24-21(17-8-4-2-5-9-17)22(26)23-18-10-6-3-7-11-18/h2-15,21H,1H3,(H,23,26)(H,24,25)/b15-14+. The van der Waals surface area contributed by atoms with Gasteiger partial charge in [0, 0.05) is 11.8 Å². The Balaban J connectivity index is 1.74. The first-order chi connectivity index (χ1) is 13.1. The minimum atomic E-state index is -0.818. The zero-order valence-electron chi connectivity index (χ0n) is 14.9. The molecule has 2 N–H and O–H groups in total. The molecule has 0 saturated carbocycles. The lowest BCUT2D eigenvalue weighted by Gasteiger charge is -2.18. The van der Waals surface area contributed by atoms with Crippen LogP contribution in [-0.2, 0) is 9.59 Å². The van der Waals surface area contributed by atoms with Crippen LogP contribution in [0.1, 0.15) is 23.1 Å². The van der Waals surface area contributed by atoms with Crippen molar-refractivity contribution in [3.05, 3.63) is 96.0 Å². The van der Waals surface area contributed by atoms with Crippen molar-refractivity contribution in [2.45, 2.75) is 13.0 Å². The Hall–Kier alpha value is -3.60. The van der Waals surface area contributed by atoms with Gasteiger partial charge in [-0.05, 0) is 42.8 Å². The van der Waals surface area contributed by atoms with Crippen LogP contribution in [0.2, 0.25) is 0 Å². The molecule has 1 unspecified atom stereocenters. The molecule has 5 nitrogen and oxygen atoms in total. The molecule has 0 bridgehead atoms. The number of carbonyl (C=O) groups is 2. The average Bonchev–Trinajstić information content (AvgIpc) is 3.11. The van der Waals surface area contributed by atoms with E-state index in [0.29, 0.717) is 17.0 Å². The van der Waals surface area contributed by atoms with Gasteiger partial charge < -0.3 is 15.1 Å². The summed E-state index contributed by atoms with van der Waals surface area (Å²) in [5.74, 6) is 0.635. The van der Waals surface area contributed by atoms with Crippen LogP contribution >= 0.6 is 0 Å². The lowest BCUT2D eigenvalue weighted by atomic mass is 10.1. The van der Waals surface area contributed by atoms with Crippen molar-refractivity contribution in [3.8, 4) is 0 Å². The molecule has 3 rings (SSSR count). The first-order valence-electron chi connectivity index (χ1n) is 8.58. The van der Waals surface area contributed by atoms with E-state index in [1.165, 1.54) is 6.08 Å². The van der Waals surface area contributed by atoms with Gasteiger partial charge in [-0.1, -0.05) is 48.5 Å². The first kappa shape index (κ1) is 18.2. The summed E-state index contributed by atoms with van der Waals surface area (Å²) in [6.07, 6.45) is 2.92. The molecule has 0 spiro atoms. The first-order valence-corrected chi connectivity index (χ1v) is 8.58. The van der Waals surface area contributed by atoms with E-state index in [4.69, 9.17) is 4.42 Å². The van der Waals surface area contributed by atoms with E-state index >= 15 is 0 Å². The predicted octanol–water partition coefficient (Wildman–Crippen LogP) is 4.10. The Kier molecular flexibility index (Phi) is 5.84. The van der Waals surface area contributed by atoms with Crippen molar-refractivity contribution in [3.63, 3.8) is 0 Å². The van der Waals surface area contributed by atoms with E-state index < -0.39 is 6.04 Å². The van der Waals surface area contributed by atoms with Gasteiger partial charge in [-0.3, -0.25) is 9.59 Å². The molecule has 2 aromatic carbocycles. The number of anilines is 1. The highest BCUT2D eigenvalue weighted by Gasteiger charge is 2.22. The van der Waals surface area contributed by atoms with Gasteiger partial charge in [0.1, 0.15) is 17.6 Å². The maximum absolute atomic E-state index is 12.8. The SMILES string of the molecule is Cc1ccc(/C=C/C(=O)NC(C(=O)Nc2ccccc2)c2ccccc2)o1. The van der Waals surface area contributed by atoms with Crippen molar-refractivity contribution in [2.24, 2.45) is 0 Å². The molecule has 0 aliphatic heterocycles. The number of hydrogen-bond donors (Lipinski definition) is 2.